The van der Waals surface area contributed by atoms with E-state index in [9.17, 15) is 8.78 Å². The van der Waals surface area contributed by atoms with Gasteiger partial charge < -0.3 is 9.73 Å². The molecule has 1 fully saturated rings. The van der Waals surface area contributed by atoms with Crippen molar-refractivity contribution in [3.05, 3.63) is 30.2 Å². The zero-order chi connectivity index (χ0) is 13.3. The first-order chi connectivity index (χ1) is 9.15. The Kier molecular flexibility index (Phi) is 3.22. The number of aromatic nitrogens is 1. The number of rotatable bonds is 3. The molecule has 0 bridgehead atoms. The van der Waals surface area contributed by atoms with Crippen molar-refractivity contribution in [3.8, 4) is 0 Å². The number of nitrogens with zero attached hydrogens (tertiary/aromatic N) is 1. The Bertz CT molecular complexity index is 561. The summed E-state index contributed by atoms with van der Waals surface area (Å²) in [5.74, 6) is -2.84. The molecule has 2 aromatic rings. The van der Waals surface area contributed by atoms with Gasteiger partial charge in [0, 0.05) is 18.0 Å². The summed E-state index contributed by atoms with van der Waals surface area (Å²) in [6, 6.07) is 4.31. The molecule has 2 heterocycles. The quantitative estimate of drug-likeness (QED) is 0.924. The minimum absolute atomic E-state index is 0.00382. The smallest absolute Gasteiger partial charge is 0.274 e. The molecular weight excluding hydrogens is 250 g/mol. The number of fused-ring (bicyclic) bond motifs is 1. The Morgan fingerprint density at radius 1 is 1.37 bits per heavy atom. The molecule has 1 atom stereocenters. The minimum Gasteiger partial charge on any atom is -0.443 e. The van der Waals surface area contributed by atoms with Gasteiger partial charge in [0.2, 0.25) is 0 Å². The van der Waals surface area contributed by atoms with Crippen LogP contribution in [0.1, 0.15) is 31.2 Å². The molecule has 19 heavy (non-hydrogen) atoms. The molecule has 1 N–H and O–H groups in total. The van der Waals surface area contributed by atoms with E-state index < -0.39 is 5.92 Å². The lowest BCUT2D eigenvalue weighted by atomic mass is 9.95. The van der Waals surface area contributed by atoms with Crippen molar-refractivity contribution in [1.29, 1.82) is 0 Å². The van der Waals surface area contributed by atoms with Crippen molar-refractivity contribution >= 4 is 11.1 Å². The maximum atomic E-state index is 14.3. The lowest BCUT2D eigenvalue weighted by Crippen LogP contribution is -2.37. The van der Waals surface area contributed by atoms with Crippen molar-refractivity contribution in [3.63, 3.8) is 0 Å². The molecule has 3 rings (SSSR count). The maximum absolute atomic E-state index is 14.3. The van der Waals surface area contributed by atoms with Gasteiger partial charge >= 0.3 is 0 Å². The van der Waals surface area contributed by atoms with E-state index in [1.54, 1.807) is 6.07 Å². The lowest BCUT2D eigenvalue weighted by molar-refractivity contribution is -0.0252. The van der Waals surface area contributed by atoms with Crippen molar-refractivity contribution in [1.82, 2.24) is 10.3 Å². The molecule has 1 aliphatic heterocycles. The van der Waals surface area contributed by atoms with Crippen LogP contribution >= 0.6 is 0 Å². The number of oxazole rings is 1. The Morgan fingerprint density at radius 3 is 3.05 bits per heavy atom. The number of hydrogen-bond donors (Lipinski definition) is 1. The third-order valence-corrected chi connectivity index (χ3v) is 3.67. The van der Waals surface area contributed by atoms with Crippen LogP contribution in [-0.4, -0.2) is 17.6 Å². The monoisotopic (exact) mass is 266 g/mol. The fraction of sp³-hybridized carbons (Fsp3) is 0.500. The first-order valence-corrected chi connectivity index (χ1v) is 6.60. The fourth-order valence-corrected chi connectivity index (χ4v) is 2.61. The summed E-state index contributed by atoms with van der Waals surface area (Å²) in [5.41, 5.74) is 1.02. The number of alkyl halides is 2. The highest BCUT2D eigenvalue weighted by Gasteiger charge is 2.35. The molecule has 0 saturated carbocycles. The van der Waals surface area contributed by atoms with E-state index in [-0.39, 0.29) is 18.0 Å². The Morgan fingerprint density at radius 2 is 2.26 bits per heavy atom. The van der Waals surface area contributed by atoms with Crippen LogP contribution in [-0.2, 0) is 5.92 Å². The molecule has 1 aliphatic rings. The summed E-state index contributed by atoms with van der Waals surface area (Å²) in [7, 11) is 0. The highest BCUT2D eigenvalue weighted by Crippen LogP contribution is 2.35. The van der Waals surface area contributed by atoms with Crippen LogP contribution in [0.5, 0.6) is 0 Å². The predicted octanol–water partition coefficient (Wildman–Crippen LogP) is 3.45. The molecule has 102 valence electrons. The van der Waals surface area contributed by atoms with Gasteiger partial charge in [-0.3, -0.25) is 0 Å². The average Bonchev–Trinajstić information content (AvgIpc) is 2.86. The van der Waals surface area contributed by atoms with Crippen LogP contribution in [0.2, 0.25) is 0 Å². The van der Waals surface area contributed by atoms with Gasteiger partial charge in [-0.05, 0) is 31.5 Å². The zero-order valence-electron chi connectivity index (χ0n) is 10.5. The maximum Gasteiger partial charge on any atom is 0.274 e. The largest absolute Gasteiger partial charge is 0.443 e. The van der Waals surface area contributed by atoms with Gasteiger partial charge in [0.25, 0.3) is 5.92 Å². The number of benzene rings is 1. The average molecular weight is 266 g/mol. The van der Waals surface area contributed by atoms with E-state index in [4.69, 9.17) is 4.42 Å². The van der Waals surface area contributed by atoms with Gasteiger partial charge in [-0.25, -0.2) is 13.8 Å². The van der Waals surface area contributed by atoms with Crippen molar-refractivity contribution in [2.24, 2.45) is 0 Å². The summed E-state index contributed by atoms with van der Waals surface area (Å²) in [5, 5.41) is 3.16. The van der Waals surface area contributed by atoms with Crippen LogP contribution < -0.4 is 5.32 Å². The van der Waals surface area contributed by atoms with Crippen molar-refractivity contribution in [2.75, 3.05) is 6.54 Å². The summed E-state index contributed by atoms with van der Waals surface area (Å²) in [6.07, 6.45) is 4.03. The number of halogens is 2. The highest BCUT2D eigenvalue weighted by molar-refractivity contribution is 5.73. The molecule has 1 unspecified atom stereocenters. The van der Waals surface area contributed by atoms with E-state index >= 15 is 0 Å². The van der Waals surface area contributed by atoms with E-state index in [2.05, 4.69) is 10.3 Å². The first-order valence-electron chi connectivity index (χ1n) is 6.60. The van der Waals surface area contributed by atoms with Crippen LogP contribution in [0.3, 0.4) is 0 Å². The molecule has 1 saturated heterocycles. The van der Waals surface area contributed by atoms with Crippen molar-refractivity contribution in [2.45, 2.75) is 37.6 Å². The van der Waals surface area contributed by atoms with E-state index in [1.165, 1.54) is 18.5 Å². The molecule has 1 aromatic heterocycles. The van der Waals surface area contributed by atoms with Crippen molar-refractivity contribution < 1.29 is 13.2 Å². The van der Waals surface area contributed by atoms with E-state index in [1.807, 2.05) is 0 Å². The number of piperidine rings is 1. The van der Waals surface area contributed by atoms with E-state index in [0.717, 1.165) is 25.8 Å². The third-order valence-electron chi connectivity index (χ3n) is 3.67. The summed E-state index contributed by atoms with van der Waals surface area (Å²) >= 11 is 0. The normalized spacial score (nSPS) is 20.8. The summed E-state index contributed by atoms with van der Waals surface area (Å²) in [4.78, 5) is 3.93. The Hall–Kier alpha value is -1.49. The van der Waals surface area contributed by atoms with Gasteiger partial charge in [0.05, 0.1) is 0 Å². The second-order valence-electron chi connectivity index (χ2n) is 5.09. The second kappa shape index (κ2) is 4.89. The van der Waals surface area contributed by atoms with Gasteiger partial charge in [0.15, 0.2) is 12.0 Å². The van der Waals surface area contributed by atoms with Gasteiger partial charge in [-0.2, -0.15) is 0 Å². The van der Waals surface area contributed by atoms with Crippen LogP contribution in [0.15, 0.2) is 29.0 Å². The molecule has 0 radical (unpaired) electrons. The molecule has 0 aliphatic carbocycles. The van der Waals surface area contributed by atoms with Gasteiger partial charge in [-0.1, -0.05) is 12.5 Å². The number of nitrogens with one attached hydrogen (secondary N) is 1. The lowest BCUT2D eigenvalue weighted by Gasteiger charge is -2.27. The van der Waals surface area contributed by atoms with Gasteiger partial charge in [0.1, 0.15) is 5.52 Å². The molecule has 0 amide bonds. The predicted molar refractivity (Wildman–Crippen MR) is 68.2 cm³/mol. The Labute approximate surface area is 110 Å². The summed E-state index contributed by atoms with van der Waals surface area (Å²) in [6.45, 7) is 0.835. The minimum atomic E-state index is -2.84. The SMILES string of the molecule is FC(F)(CC1CCCCN1)c1ccc2ncoc2c1. The first kappa shape index (κ1) is 12.5. The number of hydrogen-bond acceptors (Lipinski definition) is 3. The van der Waals surface area contributed by atoms with Gasteiger partial charge in [-0.15, -0.1) is 0 Å². The van der Waals surface area contributed by atoms with Crippen LogP contribution in [0.4, 0.5) is 8.78 Å². The summed E-state index contributed by atoms with van der Waals surface area (Å²) < 4.78 is 33.6. The van der Waals surface area contributed by atoms with E-state index in [0.29, 0.717) is 11.1 Å². The Balaban J connectivity index is 1.81. The molecule has 3 nitrogen and oxygen atoms in total. The zero-order valence-corrected chi connectivity index (χ0v) is 10.5. The fourth-order valence-electron chi connectivity index (χ4n) is 2.61. The molecule has 5 heteroatoms. The van der Waals surface area contributed by atoms with Crippen LogP contribution in [0.25, 0.3) is 11.1 Å². The second-order valence-corrected chi connectivity index (χ2v) is 5.09. The molecular formula is C14H16F2N2O. The highest BCUT2D eigenvalue weighted by atomic mass is 19.3. The third kappa shape index (κ3) is 2.61. The van der Waals surface area contributed by atoms with Crippen LogP contribution in [0, 0.1) is 0 Å². The molecule has 0 spiro atoms. The standard InChI is InChI=1S/C14H16F2N2O/c15-14(16,8-11-3-1-2-6-17-11)10-4-5-12-13(7-10)19-9-18-12/h4-5,7,9,11,17H,1-3,6,8H2. The topological polar surface area (TPSA) is 38.1 Å². The molecule has 1 aromatic carbocycles.